The second-order valence-electron chi connectivity index (χ2n) is 3.82. The van der Waals surface area contributed by atoms with Crippen LogP contribution in [0, 0.1) is 5.82 Å². The Morgan fingerprint density at radius 1 is 1.33 bits per heavy atom. The molecule has 0 fully saturated rings. The largest absolute Gasteiger partial charge is 0.365 e. The number of anilines is 1. The van der Waals surface area contributed by atoms with Crippen molar-refractivity contribution >= 4 is 17.4 Å². The monoisotopic (exact) mass is 265 g/mol. The minimum absolute atomic E-state index is 0.280. The summed E-state index contributed by atoms with van der Waals surface area (Å²) in [5.41, 5.74) is 6.76. The highest BCUT2D eigenvalue weighted by Crippen LogP contribution is 2.19. The number of benzene rings is 1. The molecule has 3 nitrogen and oxygen atoms in total. The van der Waals surface area contributed by atoms with E-state index < -0.39 is 0 Å². The number of nitrogens with zero attached hydrogens (tertiary/aromatic N) is 1. The van der Waals surface area contributed by atoms with Crippen LogP contribution in [0.5, 0.6) is 0 Å². The summed E-state index contributed by atoms with van der Waals surface area (Å²) >= 11 is 5.94. The standard InChI is InChI=1S/C13H13ClFN3/c14-11-2-1-5-17-13(11)18-8-10-4-3-9(7-16)6-12(10)15/h1-6H,7-8,16H2,(H,17,18). The third-order valence-corrected chi connectivity index (χ3v) is 2.86. The van der Waals surface area contributed by atoms with E-state index in [1.807, 2.05) is 0 Å². The van der Waals surface area contributed by atoms with Gasteiger partial charge in [0, 0.05) is 24.8 Å². The van der Waals surface area contributed by atoms with Crippen molar-refractivity contribution in [3.05, 3.63) is 58.5 Å². The van der Waals surface area contributed by atoms with Crippen molar-refractivity contribution < 1.29 is 4.39 Å². The summed E-state index contributed by atoms with van der Waals surface area (Å²) in [6.45, 7) is 0.657. The molecular weight excluding hydrogens is 253 g/mol. The second-order valence-corrected chi connectivity index (χ2v) is 4.22. The molecule has 18 heavy (non-hydrogen) atoms. The molecule has 2 rings (SSSR count). The van der Waals surface area contributed by atoms with E-state index in [-0.39, 0.29) is 5.82 Å². The lowest BCUT2D eigenvalue weighted by atomic mass is 10.1. The van der Waals surface area contributed by atoms with Crippen LogP contribution < -0.4 is 11.1 Å². The van der Waals surface area contributed by atoms with E-state index in [2.05, 4.69) is 10.3 Å². The Labute approximate surface area is 110 Å². The van der Waals surface area contributed by atoms with Crippen molar-refractivity contribution in [3.63, 3.8) is 0 Å². The summed E-state index contributed by atoms with van der Waals surface area (Å²) in [6.07, 6.45) is 1.63. The van der Waals surface area contributed by atoms with Crippen LogP contribution in [0.3, 0.4) is 0 Å². The minimum Gasteiger partial charge on any atom is -0.365 e. The second kappa shape index (κ2) is 5.80. The van der Waals surface area contributed by atoms with Gasteiger partial charge in [0.2, 0.25) is 0 Å². The van der Waals surface area contributed by atoms with E-state index in [1.54, 1.807) is 30.5 Å². The first-order valence-electron chi connectivity index (χ1n) is 5.52. The first-order chi connectivity index (χ1) is 8.70. The van der Waals surface area contributed by atoms with Crippen LogP contribution in [-0.4, -0.2) is 4.98 Å². The highest BCUT2D eigenvalue weighted by Gasteiger charge is 2.05. The quantitative estimate of drug-likeness (QED) is 0.894. The van der Waals surface area contributed by atoms with E-state index in [4.69, 9.17) is 17.3 Å². The molecule has 0 aliphatic carbocycles. The van der Waals surface area contributed by atoms with E-state index in [1.165, 1.54) is 6.07 Å². The van der Waals surface area contributed by atoms with Gasteiger partial charge in [-0.3, -0.25) is 0 Å². The molecule has 0 spiro atoms. The number of rotatable bonds is 4. The molecule has 1 heterocycles. The van der Waals surface area contributed by atoms with Crippen LogP contribution >= 0.6 is 11.6 Å². The number of aromatic nitrogens is 1. The Morgan fingerprint density at radius 2 is 2.17 bits per heavy atom. The average Bonchev–Trinajstić information content (AvgIpc) is 2.39. The van der Waals surface area contributed by atoms with Gasteiger partial charge in [0.15, 0.2) is 0 Å². The Bertz CT molecular complexity index is 546. The molecule has 0 aliphatic heterocycles. The van der Waals surface area contributed by atoms with Crippen molar-refractivity contribution in [2.75, 3.05) is 5.32 Å². The molecule has 0 bridgehead atoms. The fourth-order valence-electron chi connectivity index (χ4n) is 1.56. The molecule has 0 atom stereocenters. The van der Waals surface area contributed by atoms with Crippen LogP contribution in [0.1, 0.15) is 11.1 Å². The van der Waals surface area contributed by atoms with Crippen molar-refractivity contribution in [3.8, 4) is 0 Å². The normalized spacial score (nSPS) is 10.4. The first-order valence-corrected chi connectivity index (χ1v) is 5.90. The van der Waals surface area contributed by atoms with Gasteiger partial charge in [0.05, 0.1) is 5.02 Å². The maximum atomic E-state index is 13.7. The number of halogens is 2. The number of hydrogen-bond donors (Lipinski definition) is 2. The van der Waals surface area contributed by atoms with Gasteiger partial charge in [-0.05, 0) is 23.8 Å². The van der Waals surface area contributed by atoms with Gasteiger partial charge in [0.1, 0.15) is 11.6 Å². The average molecular weight is 266 g/mol. The minimum atomic E-state index is -0.280. The highest BCUT2D eigenvalue weighted by atomic mass is 35.5. The maximum absolute atomic E-state index is 13.7. The molecule has 0 saturated carbocycles. The van der Waals surface area contributed by atoms with E-state index in [0.717, 1.165) is 5.56 Å². The molecule has 1 aromatic carbocycles. The topological polar surface area (TPSA) is 50.9 Å². The summed E-state index contributed by atoms with van der Waals surface area (Å²) in [7, 11) is 0. The predicted octanol–water partition coefficient (Wildman–Crippen LogP) is 2.94. The van der Waals surface area contributed by atoms with E-state index in [0.29, 0.717) is 29.5 Å². The van der Waals surface area contributed by atoms with Crippen LogP contribution in [-0.2, 0) is 13.1 Å². The van der Waals surface area contributed by atoms with Crippen molar-refractivity contribution in [2.24, 2.45) is 5.73 Å². The molecule has 5 heteroatoms. The third kappa shape index (κ3) is 2.97. The fraction of sp³-hybridized carbons (Fsp3) is 0.154. The van der Waals surface area contributed by atoms with Gasteiger partial charge in [-0.25, -0.2) is 9.37 Å². The van der Waals surface area contributed by atoms with Crippen molar-refractivity contribution in [1.82, 2.24) is 4.98 Å². The summed E-state index contributed by atoms with van der Waals surface area (Å²) in [5.74, 6) is 0.263. The SMILES string of the molecule is NCc1ccc(CNc2ncccc2Cl)c(F)c1. The summed E-state index contributed by atoms with van der Waals surface area (Å²) in [5, 5.41) is 3.50. The van der Waals surface area contributed by atoms with Crippen molar-refractivity contribution in [2.45, 2.75) is 13.1 Å². The Morgan fingerprint density at radius 3 is 2.83 bits per heavy atom. The lowest BCUT2D eigenvalue weighted by Crippen LogP contribution is -2.05. The first kappa shape index (κ1) is 12.8. The number of pyridine rings is 1. The smallest absolute Gasteiger partial charge is 0.145 e. The molecule has 3 N–H and O–H groups in total. The predicted molar refractivity (Wildman–Crippen MR) is 70.9 cm³/mol. The zero-order valence-corrected chi connectivity index (χ0v) is 10.4. The molecule has 1 aromatic heterocycles. The molecule has 94 valence electrons. The van der Waals surface area contributed by atoms with E-state index >= 15 is 0 Å². The van der Waals surface area contributed by atoms with Crippen molar-refractivity contribution in [1.29, 1.82) is 0 Å². The Hall–Kier alpha value is -1.65. The van der Waals surface area contributed by atoms with Crippen LogP contribution in [0.15, 0.2) is 36.5 Å². The van der Waals surface area contributed by atoms with Gasteiger partial charge < -0.3 is 11.1 Å². The lowest BCUT2D eigenvalue weighted by Gasteiger charge is -2.08. The summed E-state index contributed by atoms with van der Waals surface area (Å²) < 4.78 is 13.7. The van der Waals surface area contributed by atoms with Crippen LogP contribution in [0.25, 0.3) is 0 Å². The van der Waals surface area contributed by atoms with Gasteiger partial charge >= 0.3 is 0 Å². The zero-order chi connectivity index (χ0) is 13.0. The number of hydrogen-bond acceptors (Lipinski definition) is 3. The molecule has 0 saturated heterocycles. The molecule has 0 unspecified atom stereocenters. The number of nitrogens with two attached hydrogens (primary N) is 1. The van der Waals surface area contributed by atoms with Gasteiger partial charge in [-0.15, -0.1) is 0 Å². The molecule has 0 aliphatic rings. The van der Waals surface area contributed by atoms with Crippen LogP contribution in [0.2, 0.25) is 5.02 Å². The van der Waals surface area contributed by atoms with Crippen LogP contribution in [0.4, 0.5) is 10.2 Å². The molecule has 0 radical (unpaired) electrons. The molecule has 0 amide bonds. The van der Waals surface area contributed by atoms with E-state index in [9.17, 15) is 4.39 Å². The van der Waals surface area contributed by atoms with Gasteiger partial charge in [-0.1, -0.05) is 23.7 Å². The lowest BCUT2D eigenvalue weighted by molar-refractivity contribution is 0.610. The summed E-state index contributed by atoms with van der Waals surface area (Å²) in [6, 6.07) is 8.42. The zero-order valence-electron chi connectivity index (χ0n) is 9.66. The maximum Gasteiger partial charge on any atom is 0.145 e. The van der Waals surface area contributed by atoms with Gasteiger partial charge in [0.25, 0.3) is 0 Å². The highest BCUT2D eigenvalue weighted by molar-refractivity contribution is 6.32. The number of nitrogens with one attached hydrogen (secondary N) is 1. The molecule has 2 aromatic rings. The summed E-state index contributed by atoms with van der Waals surface area (Å²) in [4.78, 5) is 4.07. The Kier molecular flexibility index (Phi) is 4.12. The van der Waals surface area contributed by atoms with Gasteiger partial charge in [-0.2, -0.15) is 0 Å². The Balaban J connectivity index is 2.09. The fourth-order valence-corrected chi connectivity index (χ4v) is 1.74. The third-order valence-electron chi connectivity index (χ3n) is 2.56. The molecular formula is C13H13ClFN3.